The van der Waals surface area contributed by atoms with Crippen LogP contribution in [0.3, 0.4) is 0 Å². The number of ether oxygens (including phenoxy) is 2. The molecule has 5 rings (SSSR count). The summed E-state index contributed by atoms with van der Waals surface area (Å²) < 4.78 is 11.2. The summed E-state index contributed by atoms with van der Waals surface area (Å²) in [6.45, 7) is 1.74. The van der Waals surface area contributed by atoms with Gasteiger partial charge in [0.15, 0.2) is 18.0 Å². The van der Waals surface area contributed by atoms with Gasteiger partial charge in [0.1, 0.15) is 0 Å². The summed E-state index contributed by atoms with van der Waals surface area (Å²) in [6, 6.07) is 8.58. The number of benzene rings is 1. The van der Waals surface area contributed by atoms with E-state index >= 15 is 0 Å². The van der Waals surface area contributed by atoms with Crippen LogP contribution in [0.4, 0.5) is 0 Å². The summed E-state index contributed by atoms with van der Waals surface area (Å²) in [4.78, 5) is 36.9. The second kappa shape index (κ2) is 8.73. The molecule has 0 saturated heterocycles. The van der Waals surface area contributed by atoms with E-state index in [-0.39, 0.29) is 11.2 Å². The van der Waals surface area contributed by atoms with Crippen molar-refractivity contribution >= 4 is 17.7 Å². The Bertz CT molecular complexity index is 1070. The minimum absolute atomic E-state index is 0.275. The SMILES string of the molecule is C#C[C@]1(OC(=O)COC(=O)c2ccccc2)CC[C@H]2[C@@H]3CCC4=CC(=O)CC[C@@H]4[C@H]3CC[C@@]21C. The maximum atomic E-state index is 12.8. The van der Waals surface area contributed by atoms with Crippen LogP contribution in [-0.4, -0.2) is 29.9 Å². The predicted octanol–water partition coefficient (Wildman–Crippen LogP) is 4.90. The third-order valence-electron chi connectivity index (χ3n) is 9.27. The molecule has 0 aromatic heterocycles. The van der Waals surface area contributed by atoms with Gasteiger partial charge in [-0.1, -0.05) is 36.6 Å². The molecule has 0 aliphatic heterocycles. The van der Waals surface area contributed by atoms with E-state index in [0.717, 1.165) is 38.5 Å². The number of terminal acetylenes is 1. The molecule has 4 aliphatic carbocycles. The van der Waals surface area contributed by atoms with E-state index < -0.39 is 24.1 Å². The van der Waals surface area contributed by atoms with E-state index in [4.69, 9.17) is 15.9 Å². The van der Waals surface area contributed by atoms with Crippen molar-refractivity contribution in [2.24, 2.45) is 29.1 Å². The molecular weight excluding hydrogens is 428 g/mol. The first-order valence-electron chi connectivity index (χ1n) is 12.5. The van der Waals surface area contributed by atoms with Crippen molar-refractivity contribution in [3.05, 3.63) is 47.5 Å². The van der Waals surface area contributed by atoms with Crippen molar-refractivity contribution in [2.75, 3.05) is 6.61 Å². The van der Waals surface area contributed by atoms with Gasteiger partial charge in [-0.25, -0.2) is 9.59 Å². The molecule has 0 bridgehead atoms. The largest absolute Gasteiger partial charge is 0.450 e. The van der Waals surface area contributed by atoms with Gasteiger partial charge >= 0.3 is 11.9 Å². The van der Waals surface area contributed by atoms with Crippen molar-refractivity contribution < 1.29 is 23.9 Å². The van der Waals surface area contributed by atoms with Gasteiger partial charge in [0, 0.05) is 11.8 Å². The molecule has 0 heterocycles. The van der Waals surface area contributed by atoms with Crippen LogP contribution in [0.25, 0.3) is 0 Å². The molecule has 3 saturated carbocycles. The van der Waals surface area contributed by atoms with Gasteiger partial charge in [0.25, 0.3) is 0 Å². The molecule has 0 amide bonds. The quantitative estimate of drug-likeness (QED) is 0.472. The highest BCUT2D eigenvalue weighted by molar-refractivity contribution is 5.91. The van der Waals surface area contributed by atoms with Crippen LogP contribution < -0.4 is 0 Å². The smallest absolute Gasteiger partial charge is 0.345 e. The maximum Gasteiger partial charge on any atom is 0.345 e. The average molecular weight is 461 g/mol. The molecule has 1 aromatic rings. The minimum Gasteiger partial charge on any atom is -0.450 e. The second-order valence-corrected chi connectivity index (χ2v) is 10.7. The fourth-order valence-corrected chi connectivity index (χ4v) is 7.62. The fourth-order valence-electron chi connectivity index (χ4n) is 7.62. The Hall–Kier alpha value is -2.87. The van der Waals surface area contributed by atoms with E-state index in [2.05, 4.69) is 12.8 Å². The highest BCUT2D eigenvalue weighted by Gasteiger charge is 2.64. The van der Waals surface area contributed by atoms with Crippen molar-refractivity contribution in [1.29, 1.82) is 0 Å². The zero-order valence-electron chi connectivity index (χ0n) is 19.8. The molecule has 0 spiro atoms. The zero-order chi connectivity index (χ0) is 23.9. The minimum atomic E-state index is -0.975. The summed E-state index contributed by atoms with van der Waals surface area (Å²) in [5.74, 6) is 4.05. The molecule has 5 nitrogen and oxygen atoms in total. The Kier molecular flexibility index (Phi) is 5.88. The molecular formula is C29H32O5. The first-order chi connectivity index (χ1) is 16.4. The van der Waals surface area contributed by atoms with Crippen LogP contribution in [-0.2, 0) is 19.1 Å². The van der Waals surface area contributed by atoms with Gasteiger partial charge in [0.2, 0.25) is 0 Å². The molecule has 1 aromatic carbocycles. The highest BCUT2D eigenvalue weighted by atomic mass is 16.6. The van der Waals surface area contributed by atoms with Crippen LogP contribution in [0.1, 0.15) is 68.6 Å². The Labute approximate surface area is 201 Å². The predicted molar refractivity (Wildman–Crippen MR) is 126 cm³/mol. The lowest BCUT2D eigenvalue weighted by Crippen LogP contribution is -2.54. The highest BCUT2D eigenvalue weighted by Crippen LogP contribution is 2.65. The Morgan fingerprint density at radius 1 is 1.06 bits per heavy atom. The number of rotatable bonds is 4. The summed E-state index contributed by atoms with van der Waals surface area (Å²) in [5, 5.41) is 0. The molecule has 5 heteroatoms. The average Bonchev–Trinajstić information content (AvgIpc) is 3.15. The van der Waals surface area contributed by atoms with Crippen molar-refractivity contribution in [1.82, 2.24) is 0 Å². The van der Waals surface area contributed by atoms with Gasteiger partial charge in [-0.15, -0.1) is 6.42 Å². The maximum absolute atomic E-state index is 12.8. The monoisotopic (exact) mass is 460 g/mol. The number of hydrogen-bond donors (Lipinski definition) is 0. The molecule has 0 unspecified atom stereocenters. The van der Waals surface area contributed by atoms with Crippen molar-refractivity contribution in [3.8, 4) is 12.3 Å². The number of allylic oxidation sites excluding steroid dienone is 1. The standard InChI is InChI=1S/C29H32O5/c1-3-29(34-26(31)18-33-27(32)19-7-5-4-6-8-19)16-14-25-24-11-9-20-17-21(30)10-12-22(20)23(24)13-15-28(25,29)2/h1,4-8,17,22-25H,9-16,18H2,2H3/t22-,23+,24+,25-,28-,29-/m0/s1. The number of hydrogen-bond acceptors (Lipinski definition) is 5. The Morgan fingerprint density at radius 3 is 2.62 bits per heavy atom. The zero-order valence-corrected chi connectivity index (χ0v) is 19.8. The van der Waals surface area contributed by atoms with E-state index in [1.54, 1.807) is 24.3 Å². The van der Waals surface area contributed by atoms with E-state index in [0.29, 0.717) is 42.1 Å². The number of ketones is 1. The van der Waals surface area contributed by atoms with Crippen LogP contribution in [0.2, 0.25) is 0 Å². The molecule has 0 radical (unpaired) electrons. The van der Waals surface area contributed by atoms with Crippen molar-refractivity contribution in [2.45, 2.75) is 63.9 Å². The van der Waals surface area contributed by atoms with Gasteiger partial charge in [-0.3, -0.25) is 4.79 Å². The molecule has 0 N–H and O–H groups in total. The van der Waals surface area contributed by atoms with Crippen LogP contribution >= 0.6 is 0 Å². The lowest BCUT2D eigenvalue weighted by atomic mass is 9.50. The fraction of sp³-hybridized carbons (Fsp3) is 0.552. The Morgan fingerprint density at radius 2 is 1.85 bits per heavy atom. The number of esters is 2. The van der Waals surface area contributed by atoms with Crippen LogP contribution in [0.15, 0.2) is 42.0 Å². The van der Waals surface area contributed by atoms with E-state index in [9.17, 15) is 14.4 Å². The first-order valence-corrected chi connectivity index (χ1v) is 12.5. The van der Waals surface area contributed by atoms with Gasteiger partial charge in [-0.2, -0.15) is 0 Å². The van der Waals surface area contributed by atoms with Gasteiger partial charge in [-0.05, 0) is 86.8 Å². The number of carbonyl (C=O) groups is 3. The molecule has 178 valence electrons. The normalized spacial score (nSPS) is 36.2. The van der Waals surface area contributed by atoms with Crippen molar-refractivity contribution in [3.63, 3.8) is 0 Å². The van der Waals surface area contributed by atoms with Crippen LogP contribution in [0.5, 0.6) is 0 Å². The summed E-state index contributed by atoms with van der Waals surface area (Å²) in [6.07, 6.45) is 15.2. The molecule has 4 aliphatic rings. The molecule has 6 atom stereocenters. The molecule has 3 fully saturated rings. The molecule has 34 heavy (non-hydrogen) atoms. The van der Waals surface area contributed by atoms with E-state index in [1.807, 2.05) is 12.1 Å². The Balaban J connectivity index is 1.28. The van der Waals surface area contributed by atoms with Gasteiger partial charge in [0.05, 0.1) is 5.56 Å². The number of fused-ring (bicyclic) bond motifs is 5. The summed E-state index contributed by atoms with van der Waals surface area (Å²) in [5.41, 5.74) is 0.475. The van der Waals surface area contributed by atoms with E-state index in [1.165, 1.54) is 5.57 Å². The third-order valence-corrected chi connectivity index (χ3v) is 9.27. The summed E-state index contributed by atoms with van der Waals surface area (Å²) in [7, 11) is 0. The second-order valence-electron chi connectivity index (χ2n) is 10.7. The van der Waals surface area contributed by atoms with Gasteiger partial charge < -0.3 is 9.47 Å². The lowest BCUT2D eigenvalue weighted by molar-refractivity contribution is -0.173. The topological polar surface area (TPSA) is 69.7 Å². The number of carbonyl (C=O) groups excluding carboxylic acids is 3. The van der Waals surface area contributed by atoms with Crippen LogP contribution in [0, 0.1) is 41.4 Å². The lowest BCUT2D eigenvalue weighted by Gasteiger charge is -2.55. The first kappa shape index (κ1) is 22.9. The third kappa shape index (κ3) is 3.68. The summed E-state index contributed by atoms with van der Waals surface area (Å²) >= 11 is 0.